The Labute approximate surface area is 194 Å². The molecule has 1 aliphatic rings. The molecule has 1 saturated carbocycles. The van der Waals surface area contributed by atoms with Crippen LogP contribution in [0.1, 0.15) is 48.5 Å². The lowest BCUT2D eigenvalue weighted by Crippen LogP contribution is -2.43. The molecule has 0 spiro atoms. The number of aromatic nitrogens is 2. The summed E-state index contributed by atoms with van der Waals surface area (Å²) in [6.07, 6.45) is -0.590. The maximum Gasteiger partial charge on any atom is 0.421 e. The van der Waals surface area contributed by atoms with Crippen molar-refractivity contribution in [3.8, 4) is 5.75 Å². The van der Waals surface area contributed by atoms with E-state index in [1.807, 2.05) is 0 Å². The fourth-order valence-electron chi connectivity index (χ4n) is 3.96. The molecule has 184 valence electrons. The van der Waals surface area contributed by atoms with Crippen LogP contribution >= 0.6 is 0 Å². The summed E-state index contributed by atoms with van der Waals surface area (Å²) in [6, 6.07) is 3.89. The number of alkyl halides is 3. The lowest BCUT2D eigenvalue weighted by atomic mass is 9.84. The highest BCUT2D eigenvalue weighted by Crippen LogP contribution is 2.35. The van der Waals surface area contributed by atoms with E-state index < -0.39 is 23.5 Å². The number of ether oxygens (including phenoxy) is 1. The summed E-state index contributed by atoms with van der Waals surface area (Å²) in [6.45, 7) is 1.61. The number of rotatable bonds is 8. The smallest absolute Gasteiger partial charge is 0.421 e. The Morgan fingerprint density at radius 2 is 1.97 bits per heavy atom. The van der Waals surface area contributed by atoms with Crippen LogP contribution in [0.2, 0.25) is 0 Å². The van der Waals surface area contributed by atoms with Crippen molar-refractivity contribution in [2.75, 3.05) is 24.3 Å². The van der Waals surface area contributed by atoms with Crippen LogP contribution in [0.25, 0.3) is 0 Å². The molecule has 3 rings (SSSR count). The number of carbonyl (C=O) groups excluding carboxylic acids is 1. The van der Waals surface area contributed by atoms with Gasteiger partial charge in [-0.2, -0.15) is 18.2 Å². The second-order valence-corrected chi connectivity index (χ2v) is 8.03. The number of methoxy groups -OCH3 is 1. The molecular formula is C22H26F3N5O4. The third kappa shape index (κ3) is 6.27. The number of nitrogens with one attached hydrogen (secondary N) is 3. The monoisotopic (exact) mass is 481 g/mol. The van der Waals surface area contributed by atoms with Gasteiger partial charge in [-0.05, 0) is 37.0 Å². The molecule has 2 aromatic rings. The molecule has 1 heterocycles. The van der Waals surface area contributed by atoms with Crippen LogP contribution in [0, 0.1) is 5.92 Å². The van der Waals surface area contributed by atoms with Crippen molar-refractivity contribution in [1.82, 2.24) is 15.3 Å². The van der Waals surface area contributed by atoms with Gasteiger partial charge in [-0.3, -0.25) is 4.79 Å². The number of carboxylic acids is 1. The first-order valence-electron chi connectivity index (χ1n) is 10.7. The van der Waals surface area contributed by atoms with Crippen LogP contribution in [0.3, 0.4) is 0 Å². The maximum atomic E-state index is 13.6. The summed E-state index contributed by atoms with van der Waals surface area (Å²) in [5.41, 5.74) is -0.742. The predicted molar refractivity (Wildman–Crippen MR) is 118 cm³/mol. The number of halogens is 3. The molecule has 1 amide bonds. The second kappa shape index (κ2) is 10.6. The highest BCUT2D eigenvalue weighted by atomic mass is 19.4. The molecule has 0 saturated heterocycles. The highest BCUT2D eigenvalue weighted by molar-refractivity contribution is 5.89. The zero-order valence-corrected chi connectivity index (χ0v) is 18.7. The maximum absolute atomic E-state index is 13.6. The lowest BCUT2D eigenvalue weighted by Gasteiger charge is -2.32. The van der Waals surface area contributed by atoms with Gasteiger partial charge in [0.15, 0.2) is 0 Å². The van der Waals surface area contributed by atoms with Gasteiger partial charge in [-0.15, -0.1) is 0 Å². The number of hydrogen-bond donors (Lipinski definition) is 4. The topological polar surface area (TPSA) is 125 Å². The van der Waals surface area contributed by atoms with Crippen LogP contribution in [-0.4, -0.2) is 46.6 Å². The molecule has 9 nitrogen and oxygen atoms in total. The largest absolute Gasteiger partial charge is 0.495 e. The molecule has 2 atom stereocenters. The van der Waals surface area contributed by atoms with E-state index in [1.54, 1.807) is 0 Å². The van der Waals surface area contributed by atoms with Gasteiger partial charge in [-0.25, -0.2) is 9.78 Å². The molecule has 1 aliphatic carbocycles. The van der Waals surface area contributed by atoms with Gasteiger partial charge < -0.3 is 25.8 Å². The number of carbonyl (C=O) groups is 2. The van der Waals surface area contributed by atoms with Gasteiger partial charge >= 0.3 is 12.1 Å². The van der Waals surface area contributed by atoms with Crippen molar-refractivity contribution in [3.63, 3.8) is 0 Å². The number of hydrogen-bond acceptors (Lipinski definition) is 7. The van der Waals surface area contributed by atoms with Gasteiger partial charge in [0.25, 0.3) is 0 Å². The summed E-state index contributed by atoms with van der Waals surface area (Å²) in [4.78, 5) is 30.5. The molecule has 0 radical (unpaired) electrons. The second-order valence-electron chi connectivity index (χ2n) is 8.03. The number of amides is 1. The molecular weight excluding hydrogens is 455 g/mol. The van der Waals surface area contributed by atoms with Gasteiger partial charge in [0.2, 0.25) is 11.9 Å². The first kappa shape index (κ1) is 25.1. The Kier molecular flexibility index (Phi) is 7.79. The molecule has 12 heteroatoms. The molecule has 0 aliphatic heterocycles. The van der Waals surface area contributed by atoms with Crippen LogP contribution in [0.5, 0.6) is 5.75 Å². The minimum Gasteiger partial charge on any atom is -0.495 e. The third-order valence-electron chi connectivity index (χ3n) is 5.62. The van der Waals surface area contributed by atoms with Crippen molar-refractivity contribution in [2.45, 2.75) is 44.8 Å². The lowest BCUT2D eigenvalue weighted by molar-refractivity contribution is -0.137. The van der Waals surface area contributed by atoms with Crippen LogP contribution in [0.4, 0.5) is 30.6 Å². The van der Waals surface area contributed by atoms with E-state index in [2.05, 4.69) is 25.9 Å². The van der Waals surface area contributed by atoms with Gasteiger partial charge in [-0.1, -0.05) is 12.8 Å². The minimum absolute atomic E-state index is 0.0145. The number of nitrogens with zero attached hydrogens (tertiary/aromatic N) is 2. The number of benzene rings is 1. The number of carboxylic acid groups (broad SMARTS) is 1. The molecule has 34 heavy (non-hydrogen) atoms. The summed E-state index contributed by atoms with van der Waals surface area (Å²) in [7, 11) is 1.34. The summed E-state index contributed by atoms with van der Waals surface area (Å²) in [5.74, 6) is -1.73. The number of aromatic carboxylic acids is 1. The Balaban J connectivity index is 1.84. The molecule has 4 N–H and O–H groups in total. The SMILES string of the molecule is COc1cc(C(=O)O)ccc1Nc1ncc(C(F)(F)F)c(NC[C@@H]2CCCC[C@H]2NC(C)=O)n1. The Morgan fingerprint density at radius 3 is 2.62 bits per heavy atom. The molecule has 1 fully saturated rings. The average molecular weight is 481 g/mol. The Bertz CT molecular complexity index is 1050. The fraction of sp³-hybridized carbons (Fsp3) is 0.455. The van der Waals surface area contributed by atoms with E-state index in [0.717, 1.165) is 25.7 Å². The van der Waals surface area contributed by atoms with E-state index >= 15 is 0 Å². The summed E-state index contributed by atoms with van der Waals surface area (Å²) < 4.78 is 45.9. The van der Waals surface area contributed by atoms with E-state index in [1.165, 1.54) is 32.2 Å². The van der Waals surface area contributed by atoms with E-state index in [-0.39, 0.29) is 47.4 Å². The van der Waals surface area contributed by atoms with E-state index in [0.29, 0.717) is 6.20 Å². The van der Waals surface area contributed by atoms with Crippen LogP contribution < -0.4 is 20.7 Å². The van der Waals surface area contributed by atoms with Gasteiger partial charge in [0, 0.05) is 25.7 Å². The standard InChI is InChI=1S/C22H26F3N5O4/c1-12(31)28-16-6-4-3-5-14(16)10-26-19-15(22(23,24)25)11-27-21(30-19)29-17-8-7-13(20(32)33)9-18(17)34-2/h7-9,11,14,16H,3-6,10H2,1-2H3,(H,28,31)(H,32,33)(H2,26,27,29,30)/t14-,16+/m0/s1. The predicted octanol–water partition coefficient (Wildman–Crippen LogP) is 4.05. The molecule has 0 unspecified atom stereocenters. The van der Waals surface area contributed by atoms with Crippen molar-refractivity contribution in [3.05, 3.63) is 35.5 Å². The highest BCUT2D eigenvalue weighted by Gasteiger charge is 2.36. The van der Waals surface area contributed by atoms with Crippen molar-refractivity contribution < 1.29 is 32.6 Å². The van der Waals surface area contributed by atoms with Crippen LogP contribution in [-0.2, 0) is 11.0 Å². The van der Waals surface area contributed by atoms with E-state index in [4.69, 9.17) is 9.84 Å². The van der Waals surface area contributed by atoms with Crippen molar-refractivity contribution >= 4 is 29.3 Å². The summed E-state index contributed by atoms with van der Waals surface area (Å²) in [5, 5.41) is 17.6. The Morgan fingerprint density at radius 1 is 1.24 bits per heavy atom. The van der Waals surface area contributed by atoms with Crippen molar-refractivity contribution in [1.29, 1.82) is 0 Å². The van der Waals surface area contributed by atoms with Gasteiger partial charge in [0.1, 0.15) is 17.1 Å². The number of anilines is 3. The fourth-order valence-corrected chi connectivity index (χ4v) is 3.96. The van der Waals surface area contributed by atoms with E-state index in [9.17, 15) is 22.8 Å². The zero-order chi connectivity index (χ0) is 24.9. The molecule has 1 aromatic heterocycles. The first-order chi connectivity index (χ1) is 16.1. The van der Waals surface area contributed by atoms with Crippen LogP contribution in [0.15, 0.2) is 24.4 Å². The first-order valence-corrected chi connectivity index (χ1v) is 10.7. The third-order valence-corrected chi connectivity index (χ3v) is 5.62. The quantitative estimate of drug-likeness (QED) is 0.445. The Hall–Kier alpha value is -3.57. The van der Waals surface area contributed by atoms with Gasteiger partial charge in [0.05, 0.1) is 18.4 Å². The zero-order valence-electron chi connectivity index (χ0n) is 18.7. The normalized spacial score (nSPS) is 18.1. The summed E-state index contributed by atoms with van der Waals surface area (Å²) >= 11 is 0. The average Bonchev–Trinajstić information content (AvgIpc) is 2.77. The van der Waals surface area contributed by atoms with Crippen molar-refractivity contribution in [2.24, 2.45) is 5.92 Å². The molecule has 0 bridgehead atoms. The molecule has 1 aromatic carbocycles. The minimum atomic E-state index is -4.68.